The molecule has 0 aliphatic rings. The molecule has 0 aromatic heterocycles. The average molecular weight is 266 g/mol. The standard InChI is InChI=1S/C14H22N2OS/c1-4-16(5-2)14(17)11-15-10-12-6-8-13(18-3)9-7-12/h6-9,15H,4-5,10-11H2,1-3H3. The van der Waals surface area contributed by atoms with Crippen LogP contribution in [-0.4, -0.2) is 36.7 Å². The maximum atomic E-state index is 11.8. The highest BCUT2D eigenvalue weighted by atomic mass is 32.2. The quantitative estimate of drug-likeness (QED) is 0.769. The molecule has 0 aliphatic carbocycles. The van der Waals surface area contributed by atoms with Crippen molar-refractivity contribution >= 4 is 17.7 Å². The molecule has 0 unspecified atom stereocenters. The highest BCUT2D eigenvalue weighted by Crippen LogP contribution is 2.14. The van der Waals surface area contributed by atoms with Crippen molar-refractivity contribution in [1.29, 1.82) is 0 Å². The second-order valence-corrected chi connectivity index (χ2v) is 4.90. The first kappa shape index (κ1) is 15.1. The van der Waals surface area contributed by atoms with E-state index < -0.39 is 0 Å². The number of nitrogens with one attached hydrogen (secondary N) is 1. The Kier molecular flexibility index (Phi) is 6.83. The summed E-state index contributed by atoms with van der Waals surface area (Å²) >= 11 is 1.73. The van der Waals surface area contributed by atoms with Gasteiger partial charge in [-0.2, -0.15) is 0 Å². The third-order valence-corrected chi connectivity index (χ3v) is 3.62. The topological polar surface area (TPSA) is 32.3 Å². The zero-order valence-corrected chi connectivity index (χ0v) is 12.2. The Labute approximate surface area is 114 Å². The van der Waals surface area contributed by atoms with E-state index in [0.29, 0.717) is 6.54 Å². The number of rotatable bonds is 7. The Morgan fingerprint density at radius 2 is 1.83 bits per heavy atom. The van der Waals surface area contributed by atoms with Crippen molar-refractivity contribution in [2.75, 3.05) is 25.9 Å². The molecule has 0 saturated heterocycles. The summed E-state index contributed by atoms with van der Waals surface area (Å²) in [5.41, 5.74) is 1.21. The molecular formula is C14H22N2OS. The van der Waals surface area contributed by atoms with Gasteiger partial charge in [0.15, 0.2) is 0 Å². The van der Waals surface area contributed by atoms with Crippen LogP contribution in [0, 0.1) is 0 Å². The van der Waals surface area contributed by atoms with Crippen molar-refractivity contribution in [1.82, 2.24) is 10.2 Å². The summed E-state index contributed by atoms with van der Waals surface area (Å²) < 4.78 is 0. The summed E-state index contributed by atoms with van der Waals surface area (Å²) in [7, 11) is 0. The van der Waals surface area contributed by atoms with E-state index >= 15 is 0 Å². The van der Waals surface area contributed by atoms with Crippen LogP contribution < -0.4 is 5.32 Å². The van der Waals surface area contributed by atoms with Gasteiger partial charge in [-0.05, 0) is 37.8 Å². The number of thioether (sulfide) groups is 1. The Balaban J connectivity index is 2.34. The minimum absolute atomic E-state index is 0.167. The van der Waals surface area contributed by atoms with E-state index in [0.717, 1.165) is 19.6 Å². The fourth-order valence-electron chi connectivity index (χ4n) is 1.75. The normalized spacial score (nSPS) is 10.4. The van der Waals surface area contributed by atoms with Gasteiger partial charge in [0.2, 0.25) is 5.91 Å². The molecule has 0 radical (unpaired) electrons. The zero-order chi connectivity index (χ0) is 13.4. The number of carbonyl (C=O) groups is 1. The van der Waals surface area contributed by atoms with E-state index in [9.17, 15) is 4.79 Å². The molecule has 0 heterocycles. The van der Waals surface area contributed by atoms with Crippen LogP contribution in [0.1, 0.15) is 19.4 Å². The van der Waals surface area contributed by atoms with E-state index in [4.69, 9.17) is 0 Å². The van der Waals surface area contributed by atoms with E-state index in [-0.39, 0.29) is 5.91 Å². The predicted molar refractivity (Wildman–Crippen MR) is 77.9 cm³/mol. The lowest BCUT2D eigenvalue weighted by Gasteiger charge is -2.18. The third-order valence-electron chi connectivity index (χ3n) is 2.88. The Morgan fingerprint density at radius 1 is 1.22 bits per heavy atom. The first-order valence-electron chi connectivity index (χ1n) is 6.32. The fraction of sp³-hybridized carbons (Fsp3) is 0.500. The number of likely N-dealkylation sites (N-methyl/N-ethyl adjacent to an activating group) is 1. The van der Waals surface area contributed by atoms with Crippen LogP contribution in [0.25, 0.3) is 0 Å². The summed E-state index contributed by atoms with van der Waals surface area (Å²) in [6.45, 7) is 6.71. The van der Waals surface area contributed by atoms with Crippen molar-refractivity contribution in [3.8, 4) is 0 Å². The van der Waals surface area contributed by atoms with Crippen LogP contribution in [0.5, 0.6) is 0 Å². The Morgan fingerprint density at radius 3 is 2.33 bits per heavy atom. The van der Waals surface area contributed by atoms with Gasteiger partial charge in [0.05, 0.1) is 6.54 Å². The van der Waals surface area contributed by atoms with Crippen molar-refractivity contribution in [2.45, 2.75) is 25.3 Å². The van der Waals surface area contributed by atoms with Gasteiger partial charge in [-0.25, -0.2) is 0 Å². The molecule has 1 N–H and O–H groups in total. The van der Waals surface area contributed by atoms with Gasteiger partial charge in [-0.1, -0.05) is 12.1 Å². The maximum Gasteiger partial charge on any atom is 0.236 e. The van der Waals surface area contributed by atoms with Crippen molar-refractivity contribution in [3.05, 3.63) is 29.8 Å². The molecule has 0 saturated carbocycles. The first-order valence-corrected chi connectivity index (χ1v) is 7.55. The largest absolute Gasteiger partial charge is 0.342 e. The molecule has 0 aliphatic heterocycles. The van der Waals surface area contributed by atoms with Crippen LogP contribution in [0.3, 0.4) is 0 Å². The summed E-state index contributed by atoms with van der Waals surface area (Å²) in [5.74, 6) is 0.167. The summed E-state index contributed by atoms with van der Waals surface area (Å²) in [4.78, 5) is 14.9. The van der Waals surface area contributed by atoms with Gasteiger partial charge in [0.1, 0.15) is 0 Å². The maximum absolute atomic E-state index is 11.8. The molecule has 1 aromatic carbocycles. The lowest BCUT2D eigenvalue weighted by atomic mass is 10.2. The molecular weight excluding hydrogens is 244 g/mol. The molecule has 1 amide bonds. The van der Waals surface area contributed by atoms with Crippen molar-refractivity contribution in [3.63, 3.8) is 0 Å². The number of benzene rings is 1. The van der Waals surface area contributed by atoms with Crippen molar-refractivity contribution < 1.29 is 4.79 Å². The Hall–Kier alpha value is -1.00. The molecule has 0 bridgehead atoms. The van der Waals surface area contributed by atoms with Gasteiger partial charge in [0.25, 0.3) is 0 Å². The van der Waals surface area contributed by atoms with Crippen LogP contribution >= 0.6 is 11.8 Å². The first-order chi connectivity index (χ1) is 8.71. The van der Waals surface area contributed by atoms with Gasteiger partial charge in [-0.3, -0.25) is 4.79 Å². The SMILES string of the molecule is CCN(CC)C(=O)CNCc1ccc(SC)cc1. The van der Waals surface area contributed by atoms with Crippen LogP contribution in [-0.2, 0) is 11.3 Å². The van der Waals surface area contributed by atoms with Gasteiger partial charge < -0.3 is 10.2 Å². The van der Waals surface area contributed by atoms with Crippen LogP contribution in [0.15, 0.2) is 29.2 Å². The molecule has 0 spiro atoms. The minimum atomic E-state index is 0.167. The van der Waals surface area contributed by atoms with Crippen molar-refractivity contribution in [2.24, 2.45) is 0 Å². The average Bonchev–Trinajstić information content (AvgIpc) is 2.41. The number of nitrogens with zero attached hydrogens (tertiary/aromatic N) is 1. The number of amides is 1. The summed E-state index contributed by atoms with van der Waals surface area (Å²) in [6, 6.07) is 8.41. The summed E-state index contributed by atoms with van der Waals surface area (Å²) in [5, 5.41) is 3.19. The molecule has 0 fully saturated rings. The van der Waals surface area contributed by atoms with Gasteiger partial charge in [-0.15, -0.1) is 11.8 Å². The monoisotopic (exact) mass is 266 g/mol. The smallest absolute Gasteiger partial charge is 0.236 e. The van der Waals surface area contributed by atoms with E-state index in [1.54, 1.807) is 11.8 Å². The predicted octanol–water partition coefficient (Wildman–Crippen LogP) is 2.37. The minimum Gasteiger partial charge on any atom is -0.342 e. The van der Waals surface area contributed by atoms with E-state index in [1.165, 1.54) is 10.5 Å². The molecule has 4 heteroatoms. The molecule has 0 atom stereocenters. The zero-order valence-electron chi connectivity index (χ0n) is 11.4. The van der Waals surface area contributed by atoms with E-state index in [1.807, 2.05) is 18.7 Å². The van der Waals surface area contributed by atoms with Crippen LogP contribution in [0.2, 0.25) is 0 Å². The third kappa shape index (κ3) is 4.70. The number of carbonyl (C=O) groups excluding carboxylic acids is 1. The molecule has 3 nitrogen and oxygen atoms in total. The fourth-order valence-corrected chi connectivity index (χ4v) is 2.15. The second kappa shape index (κ2) is 8.16. The molecule has 100 valence electrons. The molecule has 1 aromatic rings. The van der Waals surface area contributed by atoms with E-state index in [2.05, 4.69) is 35.8 Å². The Bertz CT molecular complexity index is 361. The highest BCUT2D eigenvalue weighted by Gasteiger charge is 2.07. The lowest BCUT2D eigenvalue weighted by Crippen LogP contribution is -2.37. The van der Waals surface area contributed by atoms with Gasteiger partial charge >= 0.3 is 0 Å². The molecule has 18 heavy (non-hydrogen) atoms. The van der Waals surface area contributed by atoms with Gasteiger partial charge in [0, 0.05) is 24.5 Å². The number of hydrogen-bond acceptors (Lipinski definition) is 3. The lowest BCUT2D eigenvalue weighted by molar-refractivity contribution is -0.129. The summed E-state index contributed by atoms with van der Waals surface area (Å²) in [6.07, 6.45) is 2.07. The second-order valence-electron chi connectivity index (χ2n) is 4.02. The highest BCUT2D eigenvalue weighted by molar-refractivity contribution is 7.98. The molecule has 1 rings (SSSR count). The number of hydrogen-bond donors (Lipinski definition) is 1. The van der Waals surface area contributed by atoms with Crippen LogP contribution in [0.4, 0.5) is 0 Å².